The van der Waals surface area contributed by atoms with Gasteiger partial charge in [-0.05, 0) is 19.4 Å². The van der Waals surface area contributed by atoms with Gasteiger partial charge in [-0.15, -0.1) is 0 Å². The van der Waals surface area contributed by atoms with E-state index in [1.165, 1.54) is 0 Å². The number of hydrogen-bond acceptors (Lipinski definition) is 5. The average Bonchev–Trinajstić information content (AvgIpc) is 2.49. The molecule has 0 saturated heterocycles. The van der Waals surface area contributed by atoms with Crippen LogP contribution in [0.2, 0.25) is 0 Å². The molecular weight excluding hydrogens is 348 g/mol. The van der Waals surface area contributed by atoms with Crippen LogP contribution in [0, 0.1) is 0 Å². The Labute approximate surface area is 152 Å². The molecule has 6 nitrogen and oxygen atoms in total. The number of amides is 2. The number of rotatable bonds is 8. The van der Waals surface area contributed by atoms with Gasteiger partial charge in [0.2, 0.25) is 11.8 Å². The first-order valence-corrected chi connectivity index (χ1v) is 8.42. The SMILES string of the molecule is CC(C)(S)[C@@H](NC(=O)[C@H](CS)NC(=O)Cc1ccccc1)C(=O)O. The Hall–Kier alpha value is -1.67. The van der Waals surface area contributed by atoms with Crippen molar-refractivity contribution < 1.29 is 19.5 Å². The Morgan fingerprint density at radius 2 is 1.75 bits per heavy atom. The van der Waals surface area contributed by atoms with E-state index in [0.29, 0.717) is 0 Å². The molecule has 2 amide bonds. The van der Waals surface area contributed by atoms with E-state index in [4.69, 9.17) is 0 Å². The summed E-state index contributed by atoms with van der Waals surface area (Å²) in [5.74, 6) is -2.10. The van der Waals surface area contributed by atoms with E-state index in [9.17, 15) is 19.5 Å². The van der Waals surface area contributed by atoms with Gasteiger partial charge < -0.3 is 15.7 Å². The molecule has 0 aliphatic carbocycles. The fourth-order valence-corrected chi connectivity index (χ4v) is 2.44. The number of carbonyl (C=O) groups is 3. The fourth-order valence-electron chi connectivity index (χ4n) is 2.00. The third kappa shape index (κ3) is 6.45. The molecule has 132 valence electrons. The second kappa shape index (κ2) is 8.98. The maximum Gasteiger partial charge on any atom is 0.327 e. The molecule has 0 fully saturated rings. The minimum atomic E-state index is -1.20. The molecule has 3 N–H and O–H groups in total. The van der Waals surface area contributed by atoms with Crippen LogP contribution in [0.4, 0.5) is 0 Å². The molecule has 2 atom stereocenters. The lowest BCUT2D eigenvalue weighted by Gasteiger charge is -2.28. The third-order valence-electron chi connectivity index (χ3n) is 3.28. The van der Waals surface area contributed by atoms with Crippen LogP contribution in [-0.2, 0) is 20.8 Å². The fraction of sp³-hybridized carbons (Fsp3) is 0.438. The lowest BCUT2D eigenvalue weighted by atomic mass is 10.0. The van der Waals surface area contributed by atoms with Gasteiger partial charge in [-0.1, -0.05) is 30.3 Å². The zero-order valence-electron chi connectivity index (χ0n) is 13.5. The Balaban J connectivity index is 2.69. The molecule has 0 radical (unpaired) electrons. The van der Waals surface area contributed by atoms with Crippen molar-refractivity contribution in [3.8, 4) is 0 Å². The zero-order chi connectivity index (χ0) is 18.3. The summed E-state index contributed by atoms with van der Waals surface area (Å²) in [4.78, 5) is 35.6. The lowest BCUT2D eigenvalue weighted by molar-refractivity contribution is -0.142. The Bertz CT molecular complexity index is 587. The van der Waals surface area contributed by atoms with E-state index in [2.05, 4.69) is 35.9 Å². The maximum atomic E-state index is 12.3. The summed E-state index contributed by atoms with van der Waals surface area (Å²) < 4.78 is -0.962. The Kier molecular flexibility index (Phi) is 7.62. The first-order chi connectivity index (χ1) is 11.1. The van der Waals surface area contributed by atoms with Crippen LogP contribution in [-0.4, -0.2) is 45.5 Å². The normalized spacial score (nSPS) is 13.7. The van der Waals surface area contributed by atoms with Gasteiger partial charge in [0.15, 0.2) is 0 Å². The lowest BCUT2D eigenvalue weighted by Crippen LogP contribution is -2.57. The van der Waals surface area contributed by atoms with Gasteiger partial charge in [-0.3, -0.25) is 9.59 Å². The quantitative estimate of drug-likeness (QED) is 0.440. The van der Waals surface area contributed by atoms with Crippen molar-refractivity contribution in [3.63, 3.8) is 0 Å². The number of carboxylic acids is 1. The zero-order valence-corrected chi connectivity index (χ0v) is 15.3. The molecule has 8 heteroatoms. The molecule has 1 rings (SSSR count). The van der Waals surface area contributed by atoms with Crippen molar-refractivity contribution >= 4 is 43.0 Å². The molecule has 0 heterocycles. The van der Waals surface area contributed by atoms with E-state index in [1.807, 2.05) is 18.2 Å². The summed E-state index contributed by atoms with van der Waals surface area (Å²) in [5, 5.41) is 14.2. The van der Waals surface area contributed by atoms with Crippen molar-refractivity contribution in [3.05, 3.63) is 35.9 Å². The Morgan fingerprint density at radius 3 is 2.21 bits per heavy atom. The molecule has 0 aliphatic heterocycles. The molecule has 0 saturated carbocycles. The number of benzene rings is 1. The van der Waals surface area contributed by atoms with E-state index in [0.717, 1.165) is 5.56 Å². The van der Waals surface area contributed by atoms with Crippen LogP contribution in [0.1, 0.15) is 19.4 Å². The van der Waals surface area contributed by atoms with Crippen LogP contribution in [0.25, 0.3) is 0 Å². The molecular formula is C16H22N2O4S2. The smallest absolute Gasteiger partial charge is 0.327 e. The standard InChI is InChI=1S/C16H22N2O4S2/c1-16(2,24)13(15(21)22)18-14(20)11(9-23)17-12(19)8-10-6-4-3-5-7-10/h3-7,11,13,23-24H,8-9H2,1-2H3,(H,17,19)(H,18,20)(H,21,22)/t11-,13-/m0/s1. The first-order valence-electron chi connectivity index (χ1n) is 7.35. The highest BCUT2D eigenvalue weighted by atomic mass is 32.1. The molecule has 0 bridgehead atoms. The van der Waals surface area contributed by atoms with Crippen molar-refractivity contribution in [2.75, 3.05) is 5.75 Å². The second-order valence-corrected chi connectivity index (χ2v) is 7.42. The van der Waals surface area contributed by atoms with Crippen LogP contribution in [0.15, 0.2) is 30.3 Å². The van der Waals surface area contributed by atoms with E-state index < -0.39 is 28.7 Å². The van der Waals surface area contributed by atoms with Gasteiger partial charge in [-0.2, -0.15) is 25.3 Å². The molecule has 0 aliphatic rings. The van der Waals surface area contributed by atoms with Crippen LogP contribution in [0.3, 0.4) is 0 Å². The van der Waals surface area contributed by atoms with Crippen LogP contribution < -0.4 is 10.6 Å². The van der Waals surface area contributed by atoms with E-state index in [-0.39, 0.29) is 18.1 Å². The average molecular weight is 370 g/mol. The second-order valence-electron chi connectivity index (χ2n) is 5.90. The predicted molar refractivity (Wildman–Crippen MR) is 98.6 cm³/mol. The van der Waals surface area contributed by atoms with Crippen LogP contribution >= 0.6 is 25.3 Å². The molecule has 0 aromatic heterocycles. The number of carboxylic acid groups (broad SMARTS) is 1. The highest BCUT2D eigenvalue weighted by molar-refractivity contribution is 7.81. The summed E-state index contributed by atoms with van der Waals surface area (Å²) in [6, 6.07) is 6.97. The van der Waals surface area contributed by atoms with E-state index >= 15 is 0 Å². The number of aliphatic carboxylic acids is 1. The van der Waals surface area contributed by atoms with E-state index in [1.54, 1.807) is 26.0 Å². The maximum absolute atomic E-state index is 12.3. The molecule has 1 aromatic rings. The first kappa shape index (κ1) is 20.4. The molecule has 0 spiro atoms. The third-order valence-corrected chi connectivity index (χ3v) is 3.91. The molecule has 0 unspecified atom stereocenters. The minimum absolute atomic E-state index is 0.0473. The van der Waals surface area contributed by atoms with Crippen molar-refractivity contribution in [1.82, 2.24) is 10.6 Å². The van der Waals surface area contributed by atoms with Crippen molar-refractivity contribution in [2.24, 2.45) is 0 Å². The number of carbonyl (C=O) groups excluding carboxylic acids is 2. The number of nitrogens with one attached hydrogen (secondary N) is 2. The monoisotopic (exact) mass is 370 g/mol. The largest absolute Gasteiger partial charge is 0.480 e. The highest BCUT2D eigenvalue weighted by Gasteiger charge is 2.35. The number of hydrogen-bond donors (Lipinski definition) is 5. The van der Waals surface area contributed by atoms with Crippen LogP contribution in [0.5, 0.6) is 0 Å². The highest BCUT2D eigenvalue weighted by Crippen LogP contribution is 2.18. The topological polar surface area (TPSA) is 95.5 Å². The van der Waals surface area contributed by atoms with Crippen molar-refractivity contribution in [1.29, 1.82) is 0 Å². The minimum Gasteiger partial charge on any atom is -0.480 e. The summed E-state index contributed by atoms with van der Waals surface area (Å²) >= 11 is 8.26. The summed E-state index contributed by atoms with van der Waals surface area (Å²) in [7, 11) is 0. The van der Waals surface area contributed by atoms with Gasteiger partial charge in [0.1, 0.15) is 12.1 Å². The van der Waals surface area contributed by atoms with Crippen molar-refractivity contribution in [2.45, 2.75) is 37.1 Å². The predicted octanol–water partition coefficient (Wildman–Crippen LogP) is 0.921. The summed E-state index contributed by atoms with van der Waals surface area (Å²) in [6.45, 7) is 3.16. The van der Waals surface area contributed by atoms with Gasteiger partial charge in [0.05, 0.1) is 6.42 Å². The Morgan fingerprint density at radius 1 is 1.17 bits per heavy atom. The van der Waals surface area contributed by atoms with Gasteiger partial charge in [-0.25, -0.2) is 4.79 Å². The van der Waals surface area contributed by atoms with Gasteiger partial charge in [0, 0.05) is 10.5 Å². The molecule has 1 aromatic carbocycles. The van der Waals surface area contributed by atoms with Gasteiger partial charge >= 0.3 is 5.97 Å². The number of thiol groups is 2. The molecule has 24 heavy (non-hydrogen) atoms. The van der Waals surface area contributed by atoms with Gasteiger partial charge in [0.25, 0.3) is 0 Å². The summed E-state index contributed by atoms with van der Waals surface area (Å²) in [5.41, 5.74) is 0.813. The summed E-state index contributed by atoms with van der Waals surface area (Å²) in [6.07, 6.45) is 0.124.